The van der Waals surface area contributed by atoms with Crippen molar-refractivity contribution in [2.45, 2.75) is 26.3 Å². The molecule has 0 aliphatic carbocycles. The largest absolute Gasteiger partial charge is 0.349 e. The molecule has 0 spiro atoms. The summed E-state index contributed by atoms with van der Waals surface area (Å²) in [6.07, 6.45) is 0.0792. The molecule has 124 valence electrons. The van der Waals surface area contributed by atoms with Crippen LogP contribution in [0.2, 0.25) is 0 Å². The lowest BCUT2D eigenvalue weighted by molar-refractivity contribution is -0.120. The van der Waals surface area contributed by atoms with Gasteiger partial charge in [-0.15, -0.1) is 0 Å². The summed E-state index contributed by atoms with van der Waals surface area (Å²) in [5.74, 6) is -0.598. The van der Waals surface area contributed by atoms with Crippen LogP contribution in [0.1, 0.15) is 42.2 Å². The van der Waals surface area contributed by atoms with Gasteiger partial charge >= 0.3 is 0 Å². The predicted octanol–water partition coefficient (Wildman–Crippen LogP) is 3.10. The molecule has 1 unspecified atom stereocenters. The highest BCUT2D eigenvalue weighted by molar-refractivity contribution is 6.03. The first-order valence-corrected chi connectivity index (χ1v) is 7.69. The van der Waals surface area contributed by atoms with E-state index in [0.717, 1.165) is 5.56 Å². The van der Waals surface area contributed by atoms with Crippen LogP contribution in [0.15, 0.2) is 54.6 Å². The highest BCUT2D eigenvalue weighted by Crippen LogP contribution is 2.20. The van der Waals surface area contributed by atoms with Crippen molar-refractivity contribution in [3.8, 4) is 0 Å². The van der Waals surface area contributed by atoms with Gasteiger partial charge in [0.05, 0.1) is 18.2 Å². The Bertz CT molecular complexity index is 741. The molecule has 5 nitrogen and oxygen atoms in total. The maximum atomic E-state index is 12.4. The molecule has 24 heavy (non-hydrogen) atoms. The van der Waals surface area contributed by atoms with Gasteiger partial charge in [0.15, 0.2) is 5.78 Å². The van der Waals surface area contributed by atoms with Gasteiger partial charge in [0.25, 0.3) is 0 Å². The number of hydrogen-bond donors (Lipinski definition) is 2. The molecule has 2 amide bonds. The van der Waals surface area contributed by atoms with Crippen molar-refractivity contribution < 1.29 is 14.4 Å². The highest BCUT2D eigenvalue weighted by Gasteiger charge is 2.18. The molecule has 0 saturated heterocycles. The van der Waals surface area contributed by atoms with Crippen LogP contribution in [0.3, 0.4) is 0 Å². The van der Waals surface area contributed by atoms with Crippen molar-refractivity contribution >= 4 is 23.3 Å². The fourth-order valence-electron chi connectivity index (χ4n) is 2.47. The van der Waals surface area contributed by atoms with E-state index in [1.54, 1.807) is 24.3 Å². The third-order valence-electron chi connectivity index (χ3n) is 3.55. The van der Waals surface area contributed by atoms with Gasteiger partial charge in [-0.25, -0.2) is 0 Å². The van der Waals surface area contributed by atoms with E-state index in [0.29, 0.717) is 11.3 Å². The van der Waals surface area contributed by atoms with Gasteiger partial charge in [0, 0.05) is 12.5 Å². The maximum absolute atomic E-state index is 12.4. The van der Waals surface area contributed by atoms with Crippen LogP contribution in [-0.4, -0.2) is 17.6 Å². The summed E-state index contributed by atoms with van der Waals surface area (Å²) in [7, 11) is 0. The van der Waals surface area contributed by atoms with Crippen LogP contribution in [0.5, 0.6) is 0 Å². The van der Waals surface area contributed by atoms with Gasteiger partial charge in [0.1, 0.15) is 0 Å². The highest BCUT2D eigenvalue weighted by atomic mass is 16.2. The first-order valence-electron chi connectivity index (χ1n) is 7.69. The van der Waals surface area contributed by atoms with Crippen molar-refractivity contribution in [2.24, 2.45) is 0 Å². The van der Waals surface area contributed by atoms with Crippen molar-refractivity contribution in [3.63, 3.8) is 0 Å². The molecule has 2 N–H and O–H groups in total. The molecule has 0 heterocycles. The van der Waals surface area contributed by atoms with Crippen molar-refractivity contribution in [1.29, 1.82) is 0 Å². The zero-order valence-electron chi connectivity index (χ0n) is 13.7. The van der Waals surface area contributed by atoms with Crippen LogP contribution in [-0.2, 0) is 9.59 Å². The molecule has 0 fully saturated rings. The summed E-state index contributed by atoms with van der Waals surface area (Å²) in [6, 6.07) is 15.7. The monoisotopic (exact) mass is 324 g/mol. The Morgan fingerprint density at radius 3 is 2.17 bits per heavy atom. The molecule has 0 saturated carbocycles. The van der Waals surface area contributed by atoms with E-state index in [-0.39, 0.29) is 24.0 Å². The second-order valence-electron chi connectivity index (χ2n) is 5.52. The third-order valence-corrected chi connectivity index (χ3v) is 3.55. The Balaban J connectivity index is 2.14. The number of rotatable bonds is 6. The Kier molecular flexibility index (Phi) is 5.84. The molecule has 0 aromatic heterocycles. The summed E-state index contributed by atoms with van der Waals surface area (Å²) < 4.78 is 0. The van der Waals surface area contributed by atoms with E-state index in [1.165, 1.54) is 13.8 Å². The number of para-hydroxylation sites is 1. The van der Waals surface area contributed by atoms with E-state index in [1.807, 2.05) is 30.3 Å². The number of ketones is 1. The van der Waals surface area contributed by atoms with Gasteiger partial charge in [0.2, 0.25) is 11.8 Å². The third kappa shape index (κ3) is 4.78. The first-order chi connectivity index (χ1) is 11.5. The molecule has 2 aromatic carbocycles. The second kappa shape index (κ2) is 8.06. The SMILES string of the molecule is CC(=O)NC(CC(=O)Nc1ccccc1C(C)=O)c1ccccc1. The molecule has 0 aliphatic rings. The fraction of sp³-hybridized carbons (Fsp3) is 0.211. The number of anilines is 1. The molecule has 2 rings (SSSR count). The average molecular weight is 324 g/mol. The molecule has 2 aromatic rings. The summed E-state index contributed by atoms with van der Waals surface area (Å²) in [4.78, 5) is 35.4. The topological polar surface area (TPSA) is 75.3 Å². The first kappa shape index (κ1) is 17.4. The van der Waals surface area contributed by atoms with Gasteiger partial charge in [-0.1, -0.05) is 42.5 Å². The van der Waals surface area contributed by atoms with Gasteiger partial charge < -0.3 is 10.6 Å². The number of nitrogens with one attached hydrogen (secondary N) is 2. The van der Waals surface area contributed by atoms with Crippen LogP contribution in [0.25, 0.3) is 0 Å². The number of benzene rings is 2. The molecule has 5 heteroatoms. The Morgan fingerprint density at radius 1 is 0.917 bits per heavy atom. The lowest BCUT2D eigenvalue weighted by atomic mass is 10.0. The number of hydrogen-bond acceptors (Lipinski definition) is 3. The van der Waals surface area contributed by atoms with E-state index < -0.39 is 6.04 Å². The Morgan fingerprint density at radius 2 is 1.54 bits per heavy atom. The van der Waals surface area contributed by atoms with Crippen LogP contribution >= 0.6 is 0 Å². The van der Waals surface area contributed by atoms with E-state index in [9.17, 15) is 14.4 Å². The van der Waals surface area contributed by atoms with E-state index in [4.69, 9.17) is 0 Å². The minimum atomic E-state index is -0.423. The number of amides is 2. The van der Waals surface area contributed by atoms with Gasteiger partial charge in [-0.2, -0.15) is 0 Å². The Hall–Kier alpha value is -2.95. The predicted molar refractivity (Wildman–Crippen MR) is 92.7 cm³/mol. The van der Waals surface area contributed by atoms with E-state index >= 15 is 0 Å². The summed E-state index contributed by atoms with van der Waals surface area (Å²) in [6.45, 7) is 2.87. The number of Topliss-reactive ketones (excluding diaryl/α,β-unsaturated/α-hetero) is 1. The molecular formula is C19H20N2O3. The standard InChI is InChI=1S/C19H20N2O3/c1-13(22)16-10-6-7-11-17(16)21-19(24)12-18(20-14(2)23)15-8-4-3-5-9-15/h3-11,18H,12H2,1-2H3,(H,20,23)(H,21,24). The molecule has 0 radical (unpaired) electrons. The smallest absolute Gasteiger partial charge is 0.226 e. The summed E-state index contributed by atoms with van der Waals surface area (Å²) in [5.41, 5.74) is 1.79. The van der Waals surface area contributed by atoms with E-state index in [2.05, 4.69) is 10.6 Å². The maximum Gasteiger partial charge on any atom is 0.226 e. The van der Waals surface area contributed by atoms with Gasteiger partial charge in [-0.05, 0) is 24.6 Å². The summed E-state index contributed by atoms with van der Waals surface area (Å²) in [5, 5.41) is 5.54. The second-order valence-corrected chi connectivity index (χ2v) is 5.52. The minimum Gasteiger partial charge on any atom is -0.349 e. The molecule has 1 atom stereocenters. The van der Waals surface area contributed by atoms with Crippen molar-refractivity contribution in [1.82, 2.24) is 5.32 Å². The van der Waals surface area contributed by atoms with Gasteiger partial charge in [-0.3, -0.25) is 14.4 Å². The average Bonchev–Trinajstić information content (AvgIpc) is 2.55. The van der Waals surface area contributed by atoms with Crippen LogP contribution in [0.4, 0.5) is 5.69 Å². The summed E-state index contributed by atoms with van der Waals surface area (Å²) >= 11 is 0. The zero-order chi connectivity index (χ0) is 17.5. The molecular weight excluding hydrogens is 304 g/mol. The van der Waals surface area contributed by atoms with Crippen LogP contribution in [0, 0.1) is 0 Å². The van der Waals surface area contributed by atoms with Crippen molar-refractivity contribution in [2.75, 3.05) is 5.32 Å². The number of carbonyl (C=O) groups excluding carboxylic acids is 3. The van der Waals surface area contributed by atoms with Crippen molar-refractivity contribution in [3.05, 3.63) is 65.7 Å². The minimum absolute atomic E-state index is 0.0792. The van der Waals surface area contributed by atoms with Crippen LogP contribution < -0.4 is 10.6 Å². The normalized spacial score (nSPS) is 11.4. The lowest BCUT2D eigenvalue weighted by Gasteiger charge is -2.18. The Labute approximate surface area is 141 Å². The molecule has 0 bridgehead atoms. The number of carbonyl (C=O) groups is 3. The fourth-order valence-corrected chi connectivity index (χ4v) is 2.47. The zero-order valence-corrected chi connectivity index (χ0v) is 13.7. The molecule has 0 aliphatic heterocycles. The lowest BCUT2D eigenvalue weighted by Crippen LogP contribution is -2.30. The quantitative estimate of drug-likeness (QED) is 0.802.